The van der Waals surface area contributed by atoms with E-state index in [1.807, 2.05) is 13.8 Å². The summed E-state index contributed by atoms with van der Waals surface area (Å²) in [6.07, 6.45) is -1.02. The van der Waals surface area contributed by atoms with Crippen LogP contribution in [-0.2, 0) is 22.3 Å². The molecule has 38 heavy (non-hydrogen) atoms. The highest BCUT2D eigenvalue weighted by molar-refractivity contribution is 6.01. The van der Waals surface area contributed by atoms with E-state index in [0.717, 1.165) is 17.0 Å². The minimum atomic E-state index is -4.64. The number of benzene rings is 2. The van der Waals surface area contributed by atoms with E-state index in [2.05, 4.69) is 20.6 Å². The van der Waals surface area contributed by atoms with E-state index in [1.165, 1.54) is 29.2 Å². The Morgan fingerprint density at radius 2 is 1.84 bits per heavy atom. The molecule has 1 atom stereocenters. The highest BCUT2D eigenvalue weighted by Gasteiger charge is 2.36. The van der Waals surface area contributed by atoms with Crippen molar-refractivity contribution in [3.63, 3.8) is 0 Å². The number of rotatable bonds is 9. The van der Waals surface area contributed by atoms with Gasteiger partial charge in [-0.05, 0) is 48.7 Å². The minimum absolute atomic E-state index is 0.0814. The maximum atomic E-state index is 13.9. The minimum Gasteiger partial charge on any atom is -0.354 e. The third kappa shape index (κ3) is 6.16. The molecular formula is C27H27F3N6O2. The molecule has 0 unspecified atom stereocenters. The number of halogens is 3. The van der Waals surface area contributed by atoms with Crippen LogP contribution in [-0.4, -0.2) is 38.3 Å². The Hall–Kier alpha value is -4.28. The number of pyridine rings is 1. The number of nitrogens with one attached hydrogen (secondary N) is 1. The zero-order valence-corrected chi connectivity index (χ0v) is 20.9. The standard InChI is InChI=1S/C27H27F3N6O2/c1-18(2)12-14-32-26(38)25(19-7-6-13-31-16-19)36(21-9-5-8-20(15-21)27(28,29)30)24(37)17-35-23-11-4-3-10-22(23)33-34-35/h3-11,13,15-16,18,25H,12,14,17H2,1-2H3,(H,32,38)/t25-/m1/s1. The van der Waals surface area contributed by atoms with Gasteiger partial charge in [0.2, 0.25) is 11.8 Å². The lowest BCUT2D eigenvalue weighted by Crippen LogP contribution is -2.45. The van der Waals surface area contributed by atoms with Crippen molar-refractivity contribution in [2.75, 3.05) is 11.4 Å². The van der Waals surface area contributed by atoms with Gasteiger partial charge in [0.15, 0.2) is 0 Å². The highest BCUT2D eigenvalue weighted by Crippen LogP contribution is 2.34. The van der Waals surface area contributed by atoms with Crippen molar-refractivity contribution in [3.05, 3.63) is 84.2 Å². The molecule has 8 nitrogen and oxygen atoms in total. The van der Waals surface area contributed by atoms with Crippen LogP contribution in [0.25, 0.3) is 11.0 Å². The zero-order chi connectivity index (χ0) is 27.3. The molecule has 0 saturated carbocycles. The van der Waals surface area contributed by atoms with Gasteiger partial charge in [-0.25, -0.2) is 4.68 Å². The van der Waals surface area contributed by atoms with E-state index in [9.17, 15) is 22.8 Å². The van der Waals surface area contributed by atoms with Crippen molar-refractivity contribution >= 4 is 28.5 Å². The summed E-state index contributed by atoms with van der Waals surface area (Å²) < 4.78 is 42.2. The summed E-state index contributed by atoms with van der Waals surface area (Å²) in [5, 5.41) is 10.9. The van der Waals surface area contributed by atoms with E-state index < -0.39 is 29.6 Å². The van der Waals surface area contributed by atoms with Gasteiger partial charge in [0.05, 0.1) is 11.1 Å². The summed E-state index contributed by atoms with van der Waals surface area (Å²) in [5.74, 6) is -0.866. The molecule has 198 valence electrons. The Morgan fingerprint density at radius 3 is 2.55 bits per heavy atom. The van der Waals surface area contributed by atoms with Crippen LogP contribution in [0.5, 0.6) is 0 Å². The maximum absolute atomic E-state index is 13.9. The molecule has 2 aromatic heterocycles. The SMILES string of the molecule is CC(C)CCNC(=O)[C@@H](c1cccnc1)N(C(=O)Cn1nnc2ccccc21)c1cccc(C(F)(F)F)c1. The Morgan fingerprint density at radius 1 is 1.05 bits per heavy atom. The number of aromatic nitrogens is 4. The predicted octanol–water partition coefficient (Wildman–Crippen LogP) is 4.78. The number of alkyl halides is 3. The molecule has 2 amide bonds. The normalized spacial score (nSPS) is 12.5. The van der Waals surface area contributed by atoms with Crippen molar-refractivity contribution in [3.8, 4) is 0 Å². The summed E-state index contributed by atoms with van der Waals surface area (Å²) in [6.45, 7) is 4.00. The van der Waals surface area contributed by atoms with E-state index in [4.69, 9.17) is 0 Å². The average Bonchev–Trinajstić information content (AvgIpc) is 3.29. The topological polar surface area (TPSA) is 93.0 Å². The number of amides is 2. The first-order valence-corrected chi connectivity index (χ1v) is 12.1. The number of para-hydroxylation sites is 1. The summed E-state index contributed by atoms with van der Waals surface area (Å²) in [4.78, 5) is 32.6. The molecule has 0 saturated heterocycles. The molecule has 11 heteroatoms. The van der Waals surface area contributed by atoms with Crippen LogP contribution in [0.2, 0.25) is 0 Å². The second-order valence-electron chi connectivity index (χ2n) is 9.21. The lowest BCUT2D eigenvalue weighted by atomic mass is 10.0. The van der Waals surface area contributed by atoms with Gasteiger partial charge >= 0.3 is 6.18 Å². The molecule has 0 radical (unpaired) electrons. The number of nitrogens with zero attached hydrogens (tertiary/aromatic N) is 5. The van der Waals surface area contributed by atoms with Crippen LogP contribution in [0.1, 0.15) is 37.4 Å². The number of carbonyl (C=O) groups is 2. The van der Waals surface area contributed by atoms with Crippen molar-refractivity contribution in [1.82, 2.24) is 25.3 Å². The second-order valence-corrected chi connectivity index (χ2v) is 9.21. The molecule has 4 rings (SSSR count). The van der Waals surface area contributed by atoms with Crippen LogP contribution in [0, 0.1) is 5.92 Å². The summed E-state index contributed by atoms with van der Waals surface area (Å²) in [7, 11) is 0. The summed E-state index contributed by atoms with van der Waals surface area (Å²) >= 11 is 0. The molecule has 0 bridgehead atoms. The second kappa shape index (κ2) is 11.4. The van der Waals surface area contributed by atoms with Crippen LogP contribution >= 0.6 is 0 Å². The molecule has 0 aliphatic rings. The molecule has 0 aliphatic carbocycles. The average molecular weight is 525 g/mol. The predicted molar refractivity (Wildman–Crippen MR) is 136 cm³/mol. The first kappa shape index (κ1) is 26.8. The van der Waals surface area contributed by atoms with Crippen molar-refractivity contribution in [2.24, 2.45) is 5.92 Å². The fourth-order valence-electron chi connectivity index (χ4n) is 4.04. The molecule has 1 N–H and O–H groups in total. The fourth-order valence-corrected chi connectivity index (χ4v) is 4.04. The molecule has 2 aromatic carbocycles. The number of hydrogen-bond acceptors (Lipinski definition) is 5. The van der Waals surface area contributed by atoms with Gasteiger partial charge in [0.1, 0.15) is 18.1 Å². The smallest absolute Gasteiger partial charge is 0.354 e. The van der Waals surface area contributed by atoms with Crippen LogP contribution in [0.3, 0.4) is 0 Å². The zero-order valence-electron chi connectivity index (χ0n) is 20.9. The van der Waals surface area contributed by atoms with Crippen LogP contribution < -0.4 is 10.2 Å². The largest absolute Gasteiger partial charge is 0.416 e. The van der Waals surface area contributed by atoms with Gasteiger partial charge in [-0.15, -0.1) is 5.10 Å². The van der Waals surface area contributed by atoms with E-state index in [0.29, 0.717) is 35.5 Å². The first-order chi connectivity index (χ1) is 18.1. The van der Waals surface area contributed by atoms with E-state index >= 15 is 0 Å². The highest BCUT2D eigenvalue weighted by atomic mass is 19.4. The van der Waals surface area contributed by atoms with Gasteiger partial charge in [-0.3, -0.25) is 19.5 Å². The Bertz CT molecular complexity index is 1400. The van der Waals surface area contributed by atoms with Gasteiger partial charge in [-0.2, -0.15) is 13.2 Å². The lowest BCUT2D eigenvalue weighted by molar-refractivity contribution is -0.137. The molecular weight excluding hydrogens is 497 g/mol. The monoisotopic (exact) mass is 524 g/mol. The maximum Gasteiger partial charge on any atom is 0.416 e. The van der Waals surface area contributed by atoms with Crippen molar-refractivity contribution < 1.29 is 22.8 Å². The Labute approximate surface area is 217 Å². The third-order valence-electron chi connectivity index (χ3n) is 5.95. The Balaban J connectivity index is 1.80. The molecule has 2 heterocycles. The van der Waals surface area contributed by atoms with Crippen LogP contribution in [0.15, 0.2) is 73.1 Å². The summed E-state index contributed by atoms with van der Waals surface area (Å²) in [5.41, 5.74) is 0.459. The number of anilines is 1. The van der Waals surface area contributed by atoms with Gasteiger partial charge in [0, 0.05) is 30.2 Å². The number of fused-ring (bicyclic) bond motifs is 1. The Kier molecular flexibility index (Phi) is 8.04. The van der Waals surface area contributed by atoms with Gasteiger partial charge in [0.25, 0.3) is 0 Å². The number of hydrogen-bond donors (Lipinski definition) is 1. The molecule has 0 aliphatic heterocycles. The summed E-state index contributed by atoms with van der Waals surface area (Å²) in [6, 6.07) is 13.3. The van der Waals surface area contributed by atoms with Crippen molar-refractivity contribution in [2.45, 2.75) is 39.0 Å². The third-order valence-corrected chi connectivity index (χ3v) is 5.95. The van der Waals surface area contributed by atoms with Gasteiger partial charge < -0.3 is 5.32 Å². The quantitative estimate of drug-likeness (QED) is 0.340. The lowest BCUT2D eigenvalue weighted by Gasteiger charge is -2.32. The molecule has 0 spiro atoms. The number of carbonyl (C=O) groups excluding carboxylic acids is 2. The fraction of sp³-hybridized carbons (Fsp3) is 0.296. The first-order valence-electron chi connectivity index (χ1n) is 12.1. The molecule has 4 aromatic rings. The van der Waals surface area contributed by atoms with Gasteiger partial charge in [-0.1, -0.05) is 43.3 Å². The molecule has 0 fully saturated rings. The van der Waals surface area contributed by atoms with Crippen LogP contribution in [0.4, 0.5) is 18.9 Å². The van der Waals surface area contributed by atoms with E-state index in [-0.39, 0.29) is 12.2 Å². The van der Waals surface area contributed by atoms with E-state index in [1.54, 1.807) is 36.4 Å². The van der Waals surface area contributed by atoms with Crippen molar-refractivity contribution in [1.29, 1.82) is 0 Å².